The van der Waals surface area contributed by atoms with Crippen molar-refractivity contribution in [1.82, 2.24) is 15.5 Å². The van der Waals surface area contributed by atoms with Gasteiger partial charge in [0.15, 0.2) is 5.82 Å². The Balaban J connectivity index is 1.66. The third-order valence-electron chi connectivity index (χ3n) is 3.92. The number of nitrogens with zero attached hydrogens (tertiary/aromatic N) is 2. The monoisotopic (exact) mass is 317 g/mol. The average molecular weight is 317 g/mol. The highest BCUT2D eigenvalue weighted by atomic mass is 32.2. The molecule has 1 saturated carbocycles. The van der Waals surface area contributed by atoms with E-state index in [1.165, 1.54) is 11.3 Å². The predicted molar refractivity (Wildman–Crippen MR) is 84.7 cm³/mol. The summed E-state index contributed by atoms with van der Waals surface area (Å²) < 4.78 is 5.48. The molecular weight excluding hydrogens is 298 g/mol. The van der Waals surface area contributed by atoms with Gasteiger partial charge in [-0.05, 0) is 25.0 Å². The van der Waals surface area contributed by atoms with Crippen LogP contribution in [-0.4, -0.2) is 27.8 Å². The quantitative estimate of drug-likeness (QED) is 0.887. The number of rotatable bonds is 6. The number of carbonyl (C=O) groups is 1. The Bertz CT molecular complexity index is 638. The summed E-state index contributed by atoms with van der Waals surface area (Å²) in [5, 5.41) is 6.46. The van der Waals surface area contributed by atoms with E-state index < -0.39 is 0 Å². The Morgan fingerprint density at radius 1 is 1.36 bits per heavy atom. The molecule has 0 saturated heterocycles. The van der Waals surface area contributed by atoms with Gasteiger partial charge in [0, 0.05) is 23.1 Å². The number of likely N-dealkylation sites (N-methyl/N-ethyl adjacent to an activating group) is 1. The van der Waals surface area contributed by atoms with E-state index in [4.69, 9.17) is 4.52 Å². The fourth-order valence-electron chi connectivity index (χ4n) is 2.57. The van der Waals surface area contributed by atoms with Crippen LogP contribution in [0.25, 0.3) is 0 Å². The molecule has 1 N–H and O–H groups in total. The molecule has 22 heavy (non-hydrogen) atoms. The van der Waals surface area contributed by atoms with Gasteiger partial charge in [-0.25, -0.2) is 0 Å². The average Bonchev–Trinajstić information content (AvgIpc) is 2.93. The Morgan fingerprint density at radius 3 is 2.77 bits per heavy atom. The molecule has 0 spiro atoms. The second-order valence-corrected chi connectivity index (χ2v) is 7.12. The van der Waals surface area contributed by atoms with E-state index in [9.17, 15) is 4.79 Å². The van der Waals surface area contributed by atoms with Crippen LogP contribution in [-0.2, 0) is 17.6 Å². The van der Waals surface area contributed by atoms with Gasteiger partial charge in [0.25, 0.3) is 0 Å². The molecule has 2 aromatic rings. The summed E-state index contributed by atoms with van der Waals surface area (Å²) in [5.74, 6) is 0.972. The SMILES string of the molecule is CNC(=O)Cc1noc(CC2(Sc3ccccc3)CCC2)n1. The van der Waals surface area contributed by atoms with Gasteiger partial charge in [0.05, 0.1) is 6.42 Å². The van der Waals surface area contributed by atoms with Crippen molar-refractivity contribution in [2.75, 3.05) is 7.05 Å². The highest BCUT2D eigenvalue weighted by molar-refractivity contribution is 8.00. The summed E-state index contributed by atoms with van der Waals surface area (Å²) in [7, 11) is 1.60. The maximum atomic E-state index is 11.3. The second kappa shape index (κ2) is 6.52. The molecule has 0 unspecified atom stereocenters. The van der Waals surface area contributed by atoms with E-state index in [1.54, 1.807) is 7.05 Å². The topological polar surface area (TPSA) is 68.0 Å². The van der Waals surface area contributed by atoms with Crippen molar-refractivity contribution in [1.29, 1.82) is 0 Å². The van der Waals surface area contributed by atoms with Gasteiger partial charge in [-0.15, -0.1) is 11.8 Å². The molecule has 1 aromatic heterocycles. The minimum Gasteiger partial charge on any atom is -0.359 e. The third kappa shape index (κ3) is 3.50. The zero-order valence-electron chi connectivity index (χ0n) is 12.5. The van der Waals surface area contributed by atoms with Crippen molar-refractivity contribution in [2.24, 2.45) is 0 Å². The maximum absolute atomic E-state index is 11.3. The summed E-state index contributed by atoms with van der Waals surface area (Å²) in [6.07, 6.45) is 4.46. The number of aromatic nitrogens is 2. The number of hydrogen-bond acceptors (Lipinski definition) is 5. The van der Waals surface area contributed by atoms with E-state index in [-0.39, 0.29) is 17.1 Å². The van der Waals surface area contributed by atoms with Crippen LogP contribution < -0.4 is 5.32 Å². The summed E-state index contributed by atoms with van der Waals surface area (Å²) in [6, 6.07) is 10.4. The lowest BCUT2D eigenvalue weighted by Crippen LogP contribution is -2.35. The van der Waals surface area contributed by atoms with Crippen LogP contribution in [0, 0.1) is 0 Å². The third-order valence-corrected chi connectivity index (χ3v) is 5.42. The zero-order chi connectivity index (χ0) is 15.4. The molecule has 1 amide bonds. The zero-order valence-corrected chi connectivity index (χ0v) is 13.4. The second-order valence-electron chi connectivity index (χ2n) is 5.58. The summed E-state index contributed by atoms with van der Waals surface area (Å²) in [4.78, 5) is 17.0. The highest BCUT2D eigenvalue weighted by Gasteiger charge is 2.39. The lowest BCUT2D eigenvalue weighted by molar-refractivity contribution is -0.120. The summed E-state index contributed by atoms with van der Waals surface area (Å²) in [6.45, 7) is 0. The first kappa shape index (κ1) is 15.1. The largest absolute Gasteiger partial charge is 0.359 e. The van der Waals surface area contributed by atoms with Crippen molar-refractivity contribution < 1.29 is 9.32 Å². The normalized spacial score (nSPS) is 16.0. The van der Waals surface area contributed by atoms with Crippen LogP contribution in [0.1, 0.15) is 31.0 Å². The van der Waals surface area contributed by atoms with Crippen molar-refractivity contribution in [3.8, 4) is 0 Å². The number of hydrogen-bond donors (Lipinski definition) is 1. The number of nitrogens with one attached hydrogen (secondary N) is 1. The Hall–Kier alpha value is -1.82. The summed E-state index contributed by atoms with van der Waals surface area (Å²) >= 11 is 1.89. The van der Waals surface area contributed by atoms with Gasteiger partial charge < -0.3 is 9.84 Å². The standard InChI is InChI=1S/C16H19N3O2S/c1-17-14(20)10-13-18-15(21-19-13)11-16(8-5-9-16)22-12-6-3-2-4-7-12/h2-4,6-7H,5,8-11H2,1H3,(H,17,20). The molecule has 0 bridgehead atoms. The van der Waals surface area contributed by atoms with E-state index >= 15 is 0 Å². The van der Waals surface area contributed by atoms with Crippen LogP contribution in [0.5, 0.6) is 0 Å². The van der Waals surface area contributed by atoms with E-state index in [0.29, 0.717) is 11.7 Å². The first-order chi connectivity index (χ1) is 10.7. The molecule has 0 atom stereocenters. The van der Waals surface area contributed by atoms with Crippen molar-refractivity contribution in [2.45, 2.75) is 41.7 Å². The first-order valence-electron chi connectivity index (χ1n) is 7.45. The lowest BCUT2D eigenvalue weighted by atomic mass is 9.81. The molecule has 1 aliphatic rings. The number of thioether (sulfide) groups is 1. The lowest BCUT2D eigenvalue weighted by Gasteiger charge is -2.40. The molecule has 1 fully saturated rings. The van der Waals surface area contributed by atoms with Gasteiger partial charge in [-0.3, -0.25) is 4.79 Å². The van der Waals surface area contributed by atoms with Crippen LogP contribution in [0.2, 0.25) is 0 Å². The number of benzene rings is 1. The molecule has 1 heterocycles. The molecule has 1 aromatic carbocycles. The molecule has 3 rings (SSSR count). The summed E-state index contributed by atoms with van der Waals surface area (Å²) in [5.41, 5.74) is 0. The molecule has 116 valence electrons. The molecule has 1 aliphatic carbocycles. The maximum Gasteiger partial charge on any atom is 0.228 e. The fraction of sp³-hybridized carbons (Fsp3) is 0.438. The Kier molecular flexibility index (Phi) is 4.47. The first-order valence-corrected chi connectivity index (χ1v) is 8.27. The highest BCUT2D eigenvalue weighted by Crippen LogP contribution is 2.49. The van der Waals surface area contributed by atoms with Gasteiger partial charge in [0.1, 0.15) is 0 Å². The van der Waals surface area contributed by atoms with Crippen LogP contribution in [0.3, 0.4) is 0 Å². The van der Waals surface area contributed by atoms with Crippen LogP contribution >= 0.6 is 11.8 Å². The van der Waals surface area contributed by atoms with Crippen LogP contribution in [0.4, 0.5) is 0 Å². The molecule has 6 heteroatoms. The van der Waals surface area contributed by atoms with E-state index in [0.717, 1.165) is 19.3 Å². The minimum atomic E-state index is -0.107. The van der Waals surface area contributed by atoms with E-state index in [2.05, 4.69) is 39.7 Å². The van der Waals surface area contributed by atoms with Crippen molar-refractivity contribution in [3.05, 3.63) is 42.0 Å². The molecule has 5 nitrogen and oxygen atoms in total. The smallest absolute Gasteiger partial charge is 0.228 e. The number of carbonyl (C=O) groups excluding carboxylic acids is 1. The number of amides is 1. The fourth-order valence-corrected chi connectivity index (χ4v) is 4.05. The van der Waals surface area contributed by atoms with Crippen molar-refractivity contribution >= 4 is 17.7 Å². The van der Waals surface area contributed by atoms with Gasteiger partial charge in [-0.1, -0.05) is 29.8 Å². The van der Waals surface area contributed by atoms with Crippen LogP contribution in [0.15, 0.2) is 39.8 Å². The van der Waals surface area contributed by atoms with E-state index in [1.807, 2.05) is 17.8 Å². The molecule has 0 aliphatic heterocycles. The molecule has 0 radical (unpaired) electrons. The Morgan fingerprint density at radius 2 is 2.14 bits per heavy atom. The van der Waals surface area contributed by atoms with Gasteiger partial charge in [0.2, 0.25) is 11.8 Å². The van der Waals surface area contributed by atoms with Gasteiger partial charge >= 0.3 is 0 Å². The Labute approximate surface area is 133 Å². The predicted octanol–water partition coefficient (Wildman–Crippen LogP) is 2.62. The van der Waals surface area contributed by atoms with Gasteiger partial charge in [-0.2, -0.15) is 4.98 Å². The molecular formula is C16H19N3O2S. The minimum absolute atomic E-state index is 0.107. The van der Waals surface area contributed by atoms with Crippen molar-refractivity contribution in [3.63, 3.8) is 0 Å².